The maximum absolute atomic E-state index is 13.0. The van der Waals surface area contributed by atoms with Gasteiger partial charge in [-0.2, -0.15) is 0 Å². The molecule has 0 saturated carbocycles. The smallest absolute Gasteiger partial charge is 0.228 e. The van der Waals surface area contributed by atoms with E-state index in [0.29, 0.717) is 11.6 Å². The van der Waals surface area contributed by atoms with Gasteiger partial charge < -0.3 is 9.32 Å². The highest BCUT2D eigenvalue weighted by atomic mass is 19.1. The lowest BCUT2D eigenvalue weighted by Gasteiger charge is -2.25. The van der Waals surface area contributed by atoms with Crippen molar-refractivity contribution in [3.63, 3.8) is 0 Å². The maximum atomic E-state index is 13.0. The molecule has 2 aromatic carbocycles. The van der Waals surface area contributed by atoms with Gasteiger partial charge in [-0.1, -0.05) is 30.3 Å². The molecule has 5 heteroatoms. The van der Waals surface area contributed by atoms with Crippen molar-refractivity contribution in [3.05, 3.63) is 77.9 Å². The molecule has 1 heterocycles. The van der Waals surface area contributed by atoms with Crippen LogP contribution in [-0.2, 0) is 11.2 Å². The zero-order chi connectivity index (χ0) is 17.8. The Bertz CT molecular complexity index is 844. The molecule has 0 N–H and O–H groups in total. The van der Waals surface area contributed by atoms with Crippen LogP contribution in [0.1, 0.15) is 24.2 Å². The Labute approximate surface area is 145 Å². The number of halogens is 1. The second-order valence-corrected chi connectivity index (χ2v) is 5.92. The molecule has 0 aliphatic heterocycles. The first kappa shape index (κ1) is 16.9. The number of aromatic nitrogens is 1. The zero-order valence-electron chi connectivity index (χ0n) is 14.1. The Morgan fingerprint density at radius 3 is 2.52 bits per heavy atom. The molecule has 3 aromatic rings. The predicted molar refractivity (Wildman–Crippen MR) is 93.2 cm³/mol. The van der Waals surface area contributed by atoms with Gasteiger partial charge in [0.25, 0.3) is 0 Å². The molecule has 0 aliphatic carbocycles. The van der Waals surface area contributed by atoms with Crippen molar-refractivity contribution < 1.29 is 13.6 Å². The van der Waals surface area contributed by atoms with Gasteiger partial charge >= 0.3 is 0 Å². The van der Waals surface area contributed by atoms with E-state index in [-0.39, 0.29) is 24.2 Å². The summed E-state index contributed by atoms with van der Waals surface area (Å²) in [6.45, 7) is 1.91. The molecule has 1 amide bonds. The van der Waals surface area contributed by atoms with Crippen LogP contribution in [0.3, 0.4) is 0 Å². The lowest BCUT2D eigenvalue weighted by atomic mass is 10.1. The molecule has 128 valence electrons. The van der Waals surface area contributed by atoms with Crippen molar-refractivity contribution in [3.8, 4) is 11.5 Å². The summed E-state index contributed by atoms with van der Waals surface area (Å²) in [5, 5.41) is 0. The summed E-state index contributed by atoms with van der Waals surface area (Å²) < 4.78 is 18.5. The first-order valence-corrected chi connectivity index (χ1v) is 8.05. The van der Waals surface area contributed by atoms with E-state index in [1.807, 2.05) is 37.3 Å². The minimum atomic E-state index is -0.291. The van der Waals surface area contributed by atoms with Gasteiger partial charge in [-0.3, -0.25) is 4.79 Å². The largest absolute Gasteiger partial charge is 0.444 e. The Hall–Kier alpha value is -2.95. The van der Waals surface area contributed by atoms with E-state index in [1.54, 1.807) is 24.1 Å². The van der Waals surface area contributed by atoms with Crippen molar-refractivity contribution in [2.45, 2.75) is 19.4 Å². The summed E-state index contributed by atoms with van der Waals surface area (Å²) in [6.07, 6.45) is 1.66. The van der Waals surface area contributed by atoms with Crippen molar-refractivity contribution in [2.24, 2.45) is 0 Å². The molecular formula is C20H19FN2O2. The Balaban J connectivity index is 1.67. The molecule has 25 heavy (non-hydrogen) atoms. The van der Waals surface area contributed by atoms with Crippen LogP contribution in [0.2, 0.25) is 0 Å². The first-order valence-electron chi connectivity index (χ1n) is 8.05. The lowest BCUT2D eigenvalue weighted by molar-refractivity contribution is -0.131. The number of rotatable bonds is 5. The van der Waals surface area contributed by atoms with Crippen LogP contribution in [0.25, 0.3) is 11.5 Å². The average Bonchev–Trinajstić information content (AvgIpc) is 3.10. The van der Waals surface area contributed by atoms with Crippen LogP contribution < -0.4 is 0 Å². The fourth-order valence-electron chi connectivity index (χ4n) is 2.56. The zero-order valence-corrected chi connectivity index (χ0v) is 14.1. The normalized spacial score (nSPS) is 12.0. The topological polar surface area (TPSA) is 46.3 Å². The third kappa shape index (κ3) is 3.94. The predicted octanol–water partition coefficient (Wildman–Crippen LogP) is 4.24. The van der Waals surface area contributed by atoms with Crippen LogP contribution in [0.5, 0.6) is 0 Å². The van der Waals surface area contributed by atoms with Crippen molar-refractivity contribution in [2.75, 3.05) is 7.05 Å². The van der Waals surface area contributed by atoms with E-state index < -0.39 is 0 Å². The van der Waals surface area contributed by atoms with Gasteiger partial charge in [0.15, 0.2) is 0 Å². The molecule has 1 aromatic heterocycles. The van der Waals surface area contributed by atoms with E-state index in [0.717, 1.165) is 11.1 Å². The molecule has 0 bridgehead atoms. The summed E-state index contributed by atoms with van der Waals surface area (Å²) in [5.74, 6) is 0.128. The summed E-state index contributed by atoms with van der Waals surface area (Å²) >= 11 is 0. The fraction of sp³-hybridized carbons (Fsp3) is 0.200. The van der Waals surface area contributed by atoms with Crippen LogP contribution in [-0.4, -0.2) is 22.8 Å². The minimum absolute atomic E-state index is 0.0789. The molecule has 3 rings (SSSR count). The molecule has 1 atom stereocenters. The fourth-order valence-corrected chi connectivity index (χ4v) is 2.56. The number of amides is 1. The Morgan fingerprint density at radius 2 is 1.84 bits per heavy atom. The van der Waals surface area contributed by atoms with Gasteiger partial charge in [0.05, 0.1) is 18.2 Å². The second-order valence-electron chi connectivity index (χ2n) is 5.92. The number of carbonyl (C=O) groups excluding carboxylic acids is 1. The number of benzene rings is 2. The molecule has 0 spiro atoms. The quantitative estimate of drug-likeness (QED) is 0.699. The van der Waals surface area contributed by atoms with Crippen LogP contribution in [0.4, 0.5) is 4.39 Å². The summed E-state index contributed by atoms with van der Waals surface area (Å²) in [4.78, 5) is 18.5. The third-order valence-corrected chi connectivity index (χ3v) is 4.23. The van der Waals surface area contributed by atoms with Crippen LogP contribution in [0, 0.1) is 5.82 Å². The highest BCUT2D eigenvalue weighted by Crippen LogP contribution is 2.21. The van der Waals surface area contributed by atoms with Crippen LogP contribution in [0.15, 0.2) is 65.3 Å². The van der Waals surface area contributed by atoms with Gasteiger partial charge in [-0.15, -0.1) is 0 Å². The van der Waals surface area contributed by atoms with E-state index >= 15 is 0 Å². The molecule has 0 radical (unpaired) electrons. The third-order valence-electron chi connectivity index (χ3n) is 4.23. The lowest BCUT2D eigenvalue weighted by Crippen LogP contribution is -2.31. The molecule has 4 nitrogen and oxygen atoms in total. The SMILES string of the molecule is CC(c1ccc(F)cc1)N(C)C(=O)Cc1coc(-c2ccccc2)n1. The summed E-state index contributed by atoms with van der Waals surface area (Å²) in [7, 11) is 1.73. The van der Waals surface area contributed by atoms with Gasteiger partial charge in [-0.25, -0.2) is 9.37 Å². The molecule has 0 aliphatic rings. The standard InChI is InChI=1S/C20H19FN2O2/c1-14(15-8-10-17(21)11-9-15)23(2)19(24)12-18-13-25-20(22-18)16-6-4-3-5-7-16/h3-11,13-14H,12H2,1-2H3. The maximum Gasteiger partial charge on any atom is 0.228 e. The van der Waals surface area contributed by atoms with Crippen molar-refractivity contribution in [1.82, 2.24) is 9.88 Å². The highest BCUT2D eigenvalue weighted by molar-refractivity contribution is 5.78. The summed E-state index contributed by atoms with van der Waals surface area (Å²) in [5.41, 5.74) is 2.33. The van der Waals surface area contributed by atoms with Crippen molar-refractivity contribution in [1.29, 1.82) is 0 Å². The number of hydrogen-bond acceptors (Lipinski definition) is 3. The summed E-state index contributed by atoms with van der Waals surface area (Å²) in [6, 6.07) is 15.5. The number of hydrogen-bond donors (Lipinski definition) is 0. The number of nitrogens with zero attached hydrogens (tertiary/aromatic N) is 2. The second kappa shape index (κ2) is 7.30. The van der Waals surface area contributed by atoms with Crippen LogP contribution >= 0.6 is 0 Å². The number of carbonyl (C=O) groups is 1. The van der Waals surface area contributed by atoms with Crippen molar-refractivity contribution >= 4 is 5.91 Å². The molecule has 0 saturated heterocycles. The van der Waals surface area contributed by atoms with E-state index in [1.165, 1.54) is 18.4 Å². The highest BCUT2D eigenvalue weighted by Gasteiger charge is 2.19. The Kier molecular flexibility index (Phi) is 4.93. The van der Waals surface area contributed by atoms with E-state index in [4.69, 9.17) is 4.42 Å². The first-order chi connectivity index (χ1) is 12.0. The van der Waals surface area contributed by atoms with Gasteiger partial charge in [0.2, 0.25) is 11.8 Å². The van der Waals surface area contributed by atoms with Gasteiger partial charge in [0, 0.05) is 12.6 Å². The Morgan fingerprint density at radius 1 is 1.16 bits per heavy atom. The molecule has 1 unspecified atom stereocenters. The van der Waals surface area contributed by atoms with Gasteiger partial charge in [0.1, 0.15) is 12.1 Å². The number of oxazole rings is 1. The molecule has 0 fully saturated rings. The minimum Gasteiger partial charge on any atom is -0.444 e. The average molecular weight is 338 g/mol. The number of likely N-dealkylation sites (N-methyl/N-ethyl adjacent to an activating group) is 1. The monoisotopic (exact) mass is 338 g/mol. The van der Waals surface area contributed by atoms with Gasteiger partial charge in [-0.05, 0) is 36.8 Å². The van der Waals surface area contributed by atoms with E-state index in [9.17, 15) is 9.18 Å². The van der Waals surface area contributed by atoms with E-state index in [2.05, 4.69) is 4.98 Å². The molecular weight excluding hydrogens is 319 g/mol.